The van der Waals surface area contributed by atoms with E-state index in [1.807, 2.05) is 0 Å². The third kappa shape index (κ3) is 7.76. The van der Waals surface area contributed by atoms with Gasteiger partial charge in [-0.3, -0.25) is 4.79 Å². The van der Waals surface area contributed by atoms with Gasteiger partial charge in [0.15, 0.2) is 0 Å². The van der Waals surface area contributed by atoms with Crippen LogP contribution in [0.3, 0.4) is 0 Å². The molecule has 0 aliphatic rings. The van der Waals surface area contributed by atoms with E-state index in [4.69, 9.17) is 21.0 Å². The van der Waals surface area contributed by atoms with Crippen LogP contribution in [0.25, 0.3) is 0 Å². The molecule has 5 heteroatoms. The molecule has 0 spiro atoms. The van der Waals surface area contributed by atoms with Crippen molar-refractivity contribution in [3.63, 3.8) is 0 Å². The van der Waals surface area contributed by atoms with E-state index in [9.17, 15) is 9.18 Å². The summed E-state index contributed by atoms with van der Waals surface area (Å²) in [4.78, 5) is 10.8. The Labute approximate surface area is 159 Å². The number of ether oxygens (including phenoxy) is 2. The first-order valence-electron chi connectivity index (χ1n) is 8.26. The van der Waals surface area contributed by atoms with E-state index in [2.05, 4.69) is 5.92 Å². The number of hydrogen-bond donors (Lipinski definition) is 1. The highest BCUT2D eigenvalue weighted by molar-refractivity contribution is 5.70. The second-order valence-electron chi connectivity index (χ2n) is 5.55. The van der Waals surface area contributed by atoms with E-state index < -0.39 is 11.8 Å². The van der Waals surface area contributed by atoms with Crippen molar-refractivity contribution in [2.24, 2.45) is 0 Å². The third-order valence-electron chi connectivity index (χ3n) is 3.43. The summed E-state index contributed by atoms with van der Waals surface area (Å²) in [7, 11) is 1.47. The monoisotopic (exact) mass is 370 g/mol. The summed E-state index contributed by atoms with van der Waals surface area (Å²) in [5.41, 5.74) is 1.43. The normalized spacial score (nSPS) is 13.3. The molecule has 0 fully saturated rings. The Bertz CT molecular complexity index is 823. The Kier molecular flexibility index (Phi) is 9.35. The first-order valence-corrected chi connectivity index (χ1v) is 8.26. The van der Waals surface area contributed by atoms with Crippen LogP contribution in [0.2, 0.25) is 0 Å². The minimum absolute atomic E-state index is 0.0926. The molecule has 27 heavy (non-hydrogen) atoms. The number of carbonyl (C=O) groups is 1. The molecule has 0 aliphatic carbocycles. The van der Waals surface area contributed by atoms with Crippen molar-refractivity contribution in [3.8, 4) is 18.1 Å². The van der Waals surface area contributed by atoms with Crippen LogP contribution >= 0.6 is 0 Å². The smallest absolute Gasteiger partial charge is 0.307 e. The Morgan fingerprint density at radius 2 is 2.15 bits per heavy atom. The zero-order valence-corrected chi connectivity index (χ0v) is 15.7. The number of carboxylic acid groups (broad SMARTS) is 1. The molecule has 1 N–H and O–H groups in total. The maximum atomic E-state index is 14.4. The summed E-state index contributed by atoms with van der Waals surface area (Å²) in [6.45, 7) is 3.61. The van der Waals surface area contributed by atoms with Gasteiger partial charge in [0, 0.05) is 12.7 Å². The number of hydrogen-bond acceptors (Lipinski definition) is 3. The number of halogens is 1. The average Bonchev–Trinajstić information content (AvgIpc) is 2.62. The molecule has 0 amide bonds. The van der Waals surface area contributed by atoms with Crippen molar-refractivity contribution in [1.82, 2.24) is 0 Å². The van der Waals surface area contributed by atoms with Crippen LogP contribution in [0.5, 0.6) is 5.75 Å². The highest BCUT2D eigenvalue weighted by atomic mass is 19.1. The molecule has 0 radical (unpaired) electrons. The lowest BCUT2D eigenvalue weighted by Crippen LogP contribution is -2.00. The predicted molar refractivity (Wildman–Crippen MR) is 104 cm³/mol. The van der Waals surface area contributed by atoms with Gasteiger partial charge in [0.2, 0.25) is 0 Å². The van der Waals surface area contributed by atoms with Crippen LogP contribution in [-0.4, -0.2) is 24.8 Å². The summed E-state index contributed by atoms with van der Waals surface area (Å²) in [5, 5.41) is 8.88. The largest absolute Gasteiger partial charge is 0.481 e. The molecule has 0 saturated carbocycles. The molecule has 0 saturated heterocycles. The fraction of sp³-hybridized carbons (Fsp3) is 0.227. The Hall–Kier alpha value is -3.10. The third-order valence-corrected chi connectivity index (χ3v) is 3.43. The van der Waals surface area contributed by atoms with E-state index in [0.29, 0.717) is 22.6 Å². The minimum atomic E-state index is -0.919. The standard InChI is InChI=1S/C22H23FO4/c1-5-8-20(21(23)11-12-26-4)18(6-2)13-16(3)27-19-10-7-9-17(14-19)15-22(24)25/h1,6-11,13-14H,12,15H2,2-4H3,(H,24,25)/b16-13+,18-6+,20-8-,21-11+. The molecule has 0 aliphatic heterocycles. The van der Waals surface area contributed by atoms with Gasteiger partial charge in [-0.1, -0.05) is 24.1 Å². The van der Waals surface area contributed by atoms with E-state index in [0.717, 1.165) is 0 Å². The zero-order valence-electron chi connectivity index (χ0n) is 15.7. The maximum absolute atomic E-state index is 14.4. The van der Waals surface area contributed by atoms with E-state index in [-0.39, 0.29) is 18.6 Å². The van der Waals surface area contributed by atoms with Crippen LogP contribution < -0.4 is 4.74 Å². The van der Waals surface area contributed by atoms with Gasteiger partial charge < -0.3 is 14.6 Å². The molecule has 1 aromatic rings. The molecule has 4 nitrogen and oxygen atoms in total. The van der Waals surface area contributed by atoms with Crippen LogP contribution in [0.4, 0.5) is 4.39 Å². The van der Waals surface area contributed by atoms with Gasteiger partial charge in [-0.15, -0.1) is 6.42 Å². The quantitative estimate of drug-likeness (QED) is 0.392. The molecular formula is C22H23FO4. The number of carboxylic acids is 1. The second-order valence-corrected chi connectivity index (χ2v) is 5.55. The summed E-state index contributed by atoms with van der Waals surface area (Å²) in [6, 6.07) is 6.79. The van der Waals surface area contributed by atoms with Gasteiger partial charge in [0.05, 0.1) is 13.0 Å². The van der Waals surface area contributed by atoms with Crippen molar-refractivity contribution in [3.05, 3.63) is 76.9 Å². The first-order chi connectivity index (χ1) is 12.9. The van der Waals surface area contributed by atoms with Gasteiger partial charge in [-0.25, -0.2) is 4.39 Å². The van der Waals surface area contributed by atoms with Crippen molar-refractivity contribution < 1.29 is 23.8 Å². The Morgan fingerprint density at radius 3 is 2.74 bits per heavy atom. The molecule has 0 aromatic heterocycles. The van der Waals surface area contributed by atoms with Gasteiger partial charge in [0.25, 0.3) is 0 Å². The molecule has 0 bridgehead atoms. The van der Waals surface area contributed by atoms with Crippen molar-refractivity contribution >= 4 is 5.97 Å². The molecule has 1 aromatic carbocycles. The van der Waals surface area contributed by atoms with E-state index >= 15 is 0 Å². The molecule has 0 heterocycles. The van der Waals surface area contributed by atoms with Crippen LogP contribution in [0.1, 0.15) is 19.4 Å². The first kappa shape index (κ1) is 21.9. The number of benzene rings is 1. The number of allylic oxidation sites excluding steroid dienone is 7. The highest BCUT2D eigenvalue weighted by Gasteiger charge is 2.09. The average molecular weight is 370 g/mol. The lowest BCUT2D eigenvalue weighted by Gasteiger charge is -2.10. The van der Waals surface area contributed by atoms with Gasteiger partial charge >= 0.3 is 5.97 Å². The summed E-state index contributed by atoms with van der Waals surface area (Å²) in [6.07, 6.45) is 11.2. The minimum Gasteiger partial charge on any atom is -0.481 e. The van der Waals surface area contributed by atoms with Crippen LogP contribution in [-0.2, 0) is 16.0 Å². The summed E-state index contributed by atoms with van der Waals surface area (Å²) < 4.78 is 25.0. The maximum Gasteiger partial charge on any atom is 0.307 e. The van der Waals surface area contributed by atoms with Gasteiger partial charge in [-0.2, -0.15) is 0 Å². The summed E-state index contributed by atoms with van der Waals surface area (Å²) >= 11 is 0. The van der Waals surface area contributed by atoms with Crippen molar-refractivity contribution in [2.75, 3.05) is 13.7 Å². The fourth-order valence-corrected chi connectivity index (χ4v) is 2.28. The topological polar surface area (TPSA) is 55.8 Å². The Morgan fingerprint density at radius 1 is 1.41 bits per heavy atom. The van der Waals surface area contributed by atoms with Crippen molar-refractivity contribution in [1.29, 1.82) is 0 Å². The molecule has 0 unspecified atom stereocenters. The number of aliphatic carboxylic acids is 1. The predicted octanol–water partition coefficient (Wildman–Crippen LogP) is 4.60. The fourth-order valence-electron chi connectivity index (χ4n) is 2.28. The van der Waals surface area contributed by atoms with E-state index in [1.165, 1.54) is 19.3 Å². The van der Waals surface area contributed by atoms with Crippen molar-refractivity contribution in [2.45, 2.75) is 20.3 Å². The second kappa shape index (κ2) is 11.5. The summed E-state index contributed by atoms with van der Waals surface area (Å²) in [5.74, 6) is 1.92. The molecular weight excluding hydrogens is 347 g/mol. The Balaban J connectivity index is 3.06. The number of methoxy groups -OCH3 is 1. The lowest BCUT2D eigenvalue weighted by molar-refractivity contribution is -0.136. The van der Waals surface area contributed by atoms with Crippen LogP contribution in [0, 0.1) is 12.3 Å². The highest BCUT2D eigenvalue weighted by Crippen LogP contribution is 2.24. The van der Waals surface area contributed by atoms with Gasteiger partial charge in [-0.05, 0) is 55.3 Å². The molecule has 142 valence electrons. The van der Waals surface area contributed by atoms with Gasteiger partial charge in [0.1, 0.15) is 17.3 Å². The number of terminal acetylenes is 1. The lowest BCUT2D eigenvalue weighted by atomic mass is 10.0. The SMILES string of the molecule is C#C/C=C(C(\F)=C/COC)/C(/C=C(\C)Oc1cccc(CC(=O)O)c1)=C/C. The van der Waals surface area contributed by atoms with E-state index in [1.54, 1.807) is 50.3 Å². The molecule has 1 rings (SSSR count). The molecule has 0 atom stereocenters. The van der Waals surface area contributed by atoms with Crippen LogP contribution in [0.15, 0.2) is 71.3 Å². The zero-order chi connectivity index (χ0) is 20.2. The number of rotatable bonds is 9.